The molecule has 2 heterocycles. The Labute approximate surface area is 149 Å². The number of aromatic nitrogens is 3. The van der Waals surface area contributed by atoms with Gasteiger partial charge in [-0.1, -0.05) is 11.8 Å². The predicted octanol–water partition coefficient (Wildman–Crippen LogP) is 3.32. The molecule has 1 aromatic carbocycles. The molecule has 1 amide bonds. The molecule has 8 heteroatoms. The lowest BCUT2D eigenvalue weighted by atomic mass is 10.2. The Kier molecular flexibility index (Phi) is 5.20. The van der Waals surface area contributed by atoms with Gasteiger partial charge in [0.05, 0.1) is 12.1 Å². The summed E-state index contributed by atoms with van der Waals surface area (Å²) < 4.78 is 1.97. The van der Waals surface area contributed by atoms with Crippen LogP contribution in [-0.2, 0) is 11.8 Å². The zero-order chi connectivity index (χ0) is 17.1. The molecule has 1 aromatic heterocycles. The summed E-state index contributed by atoms with van der Waals surface area (Å²) in [6, 6.07) is 7.63. The van der Waals surface area contributed by atoms with Crippen molar-refractivity contribution in [3.8, 4) is 11.4 Å². The second-order valence-electron chi connectivity index (χ2n) is 5.52. The Balaban J connectivity index is 1.78. The number of carbonyl (C=O) groups is 1. The molecule has 24 heavy (non-hydrogen) atoms. The second kappa shape index (κ2) is 7.36. The SMILES string of the molecule is CC1=NN(c2ccc(-c3nnc(SCCCCl)n3C)cc2)C(=O)C1. The number of carbonyl (C=O) groups excluding carboxylic acids is 1. The lowest BCUT2D eigenvalue weighted by Crippen LogP contribution is -2.19. The van der Waals surface area contributed by atoms with Crippen LogP contribution in [0.1, 0.15) is 19.8 Å². The zero-order valence-corrected chi connectivity index (χ0v) is 15.1. The van der Waals surface area contributed by atoms with Crippen LogP contribution in [0, 0.1) is 0 Å². The molecular formula is C16H18ClN5OS. The quantitative estimate of drug-likeness (QED) is 0.448. The van der Waals surface area contributed by atoms with Crippen molar-refractivity contribution in [2.45, 2.75) is 24.9 Å². The van der Waals surface area contributed by atoms with Crippen molar-refractivity contribution in [1.82, 2.24) is 14.8 Å². The fourth-order valence-corrected chi connectivity index (χ4v) is 3.56. The van der Waals surface area contributed by atoms with Crippen LogP contribution in [0.25, 0.3) is 11.4 Å². The molecule has 0 spiro atoms. The van der Waals surface area contributed by atoms with E-state index >= 15 is 0 Å². The van der Waals surface area contributed by atoms with E-state index in [2.05, 4.69) is 15.3 Å². The Bertz CT molecular complexity index is 771. The van der Waals surface area contributed by atoms with Crippen molar-refractivity contribution in [2.75, 3.05) is 16.6 Å². The van der Waals surface area contributed by atoms with Gasteiger partial charge in [-0.25, -0.2) is 5.01 Å². The summed E-state index contributed by atoms with van der Waals surface area (Å²) in [6.45, 7) is 1.86. The highest BCUT2D eigenvalue weighted by Crippen LogP contribution is 2.26. The molecule has 0 bridgehead atoms. The van der Waals surface area contributed by atoms with Gasteiger partial charge in [0.15, 0.2) is 11.0 Å². The summed E-state index contributed by atoms with van der Waals surface area (Å²) in [4.78, 5) is 11.9. The first kappa shape index (κ1) is 17.0. The Morgan fingerprint density at radius 1 is 1.25 bits per heavy atom. The number of hydrogen-bond donors (Lipinski definition) is 0. The monoisotopic (exact) mass is 363 g/mol. The summed E-state index contributed by atoms with van der Waals surface area (Å²) in [5, 5.41) is 15.1. The molecule has 2 aromatic rings. The predicted molar refractivity (Wildman–Crippen MR) is 97.7 cm³/mol. The van der Waals surface area contributed by atoms with E-state index in [0.717, 1.165) is 40.1 Å². The molecule has 1 aliphatic rings. The van der Waals surface area contributed by atoms with Gasteiger partial charge in [0, 0.05) is 30.0 Å². The minimum absolute atomic E-state index is 0.00288. The normalized spacial score (nSPS) is 14.4. The minimum atomic E-state index is -0.00288. The molecule has 0 N–H and O–H groups in total. The van der Waals surface area contributed by atoms with Crippen LogP contribution in [0.15, 0.2) is 34.5 Å². The Morgan fingerprint density at radius 3 is 2.62 bits per heavy atom. The summed E-state index contributed by atoms with van der Waals surface area (Å²) in [7, 11) is 1.95. The first-order valence-electron chi connectivity index (χ1n) is 7.66. The number of alkyl halides is 1. The van der Waals surface area contributed by atoms with Gasteiger partial charge in [-0.05, 0) is 37.6 Å². The standard InChI is InChI=1S/C16H18ClN5OS/c1-11-10-14(23)22(20-11)13-6-4-12(5-7-13)15-18-19-16(21(15)2)24-9-3-8-17/h4-7H,3,8-10H2,1-2H3. The molecule has 0 saturated carbocycles. The van der Waals surface area contributed by atoms with Gasteiger partial charge >= 0.3 is 0 Å². The topological polar surface area (TPSA) is 63.4 Å². The number of hydrogen-bond acceptors (Lipinski definition) is 5. The van der Waals surface area contributed by atoms with Crippen LogP contribution in [0.3, 0.4) is 0 Å². The van der Waals surface area contributed by atoms with Crippen LogP contribution >= 0.6 is 23.4 Å². The van der Waals surface area contributed by atoms with Gasteiger partial charge in [0.2, 0.25) is 0 Å². The molecule has 1 aliphatic heterocycles. The molecule has 3 rings (SSSR count). The largest absolute Gasteiger partial charge is 0.305 e. The molecule has 6 nitrogen and oxygen atoms in total. The number of hydrazone groups is 1. The number of rotatable bonds is 6. The maximum Gasteiger partial charge on any atom is 0.253 e. The lowest BCUT2D eigenvalue weighted by molar-refractivity contribution is -0.116. The third kappa shape index (κ3) is 3.47. The van der Waals surface area contributed by atoms with Gasteiger partial charge in [-0.15, -0.1) is 21.8 Å². The molecule has 0 atom stereocenters. The lowest BCUT2D eigenvalue weighted by Gasteiger charge is -2.12. The number of benzene rings is 1. The number of amides is 1. The Hall–Kier alpha value is -1.86. The molecule has 0 fully saturated rings. The Morgan fingerprint density at radius 2 is 2.00 bits per heavy atom. The van der Waals surface area contributed by atoms with Gasteiger partial charge in [0.25, 0.3) is 5.91 Å². The van der Waals surface area contributed by atoms with Crippen molar-refractivity contribution >= 4 is 40.7 Å². The third-order valence-electron chi connectivity index (χ3n) is 3.63. The van der Waals surface area contributed by atoms with Crippen molar-refractivity contribution in [1.29, 1.82) is 0 Å². The van der Waals surface area contributed by atoms with Crippen molar-refractivity contribution in [2.24, 2.45) is 12.1 Å². The van der Waals surface area contributed by atoms with Crippen LogP contribution < -0.4 is 5.01 Å². The summed E-state index contributed by atoms with van der Waals surface area (Å²) in [5.41, 5.74) is 2.54. The first-order chi connectivity index (χ1) is 11.6. The summed E-state index contributed by atoms with van der Waals surface area (Å²) in [6.07, 6.45) is 1.32. The fourth-order valence-electron chi connectivity index (χ4n) is 2.42. The zero-order valence-electron chi connectivity index (χ0n) is 13.6. The van der Waals surface area contributed by atoms with Crippen LogP contribution in [0.4, 0.5) is 5.69 Å². The molecule has 0 unspecified atom stereocenters. The maximum absolute atomic E-state index is 11.9. The molecule has 0 radical (unpaired) electrons. The van der Waals surface area contributed by atoms with Crippen LogP contribution in [0.5, 0.6) is 0 Å². The van der Waals surface area contributed by atoms with E-state index in [0.29, 0.717) is 12.3 Å². The number of halogens is 1. The smallest absolute Gasteiger partial charge is 0.253 e. The number of anilines is 1. The first-order valence-corrected chi connectivity index (χ1v) is 9.18. The van der Waals surface area contributed by atoms with E-state index in [1.54, 1.807) is 11.8 Å². The van der Waals surface area contributed by atoms with Gasteiger partial charge < -0.3 is 4.57 Å². The van der Waals surface area contributed by atoms with Crippen LogP contribution in [-0.4, -0.2) is 38.0 Å². The van der Waals surface area contributed by atoms with Gasteiger partial charge in [0.1, 0.15) is 0 Å². The number of thioether (sulfide) groups is 1. The molecule has 0 saturated heterocycles. The van der Waals surface area contributed by atoms with E-state index in [4.69, 9.17) is 11.6 Å². The van der Waals surface area contributed by atoms with Gasteiger partial charge in [-0.3, -0.25) is 4.79 Å². The van der Waals surface area contributed by atoms with E-state index < -0.39 is 0 Å². The van der Waals surface area contributed by atoms with E-state index in [9.17, 15) is 4.79 Å². The third-order valence-corrected chi connectivity index (χ3v) is 5.00. The van der Waals surface area contributed by atoms with Crippen molar-refractivity contribution < 1.29 is 4.79 Å². The highest BCUT2D eigenvalue weighted by atomic mass is 35.5. The van der Waals surface area contributed by atoms with E-state index in [-0.39, 0.29) is 5.91 Å². The number of nitrogens with zero attached hydrogens (tertiary/aromatic N) is 5. The maximum atomic E-state index is 11.9. The van der Waals surface area contributed by atoms with E-state index in [1.807, 2.05) is 42.8 Å². The molecule has 0 aliphatic carbocycles. The average molecular weight is 364 g/mol. The van der Waals surface area contributed by atoms with Crippen molar-refractivity contribution in [3.63, 3.8) is 0 Å². The molecule has 126 valence electrons. The summed E-state index contributed by atoms with van der Waals surface area (Å²) >= 11 is 7.35. The molecular weight excluding hydrogens is 346 g/mol. The van der Waals surface area contributed by atoms with Gasteiger partial charge in [-0.2, -0.15) is 5.10 Å². The minimum Gasteiger partial charge on any atom is -0.305 e. The van der Waals surface area contributed by atoms with Crippen molar-refractivity contribution in [3.05, 3.63) is 24.3 Å². The average Bonchev–Trinajstić information content (AvgIpc) is 3.10. The fraction of sp³-hybridized carbons (Fsp3) is 0.375. The second-order valence-corrected chi connectivity index (χ2v) is 6.96. The highest BCUT2D eigenvalue weighted by Gasteiger charge is 2.22. The summed E-state index contributed by atoms with van der Waals surface area (Å²) in [5.74, 6) is 2.36. The van der Waals surface area contributed by atoms with Crippen LogP contribution in [0.2, 0.25) is 0 Å². The highest BCUT2D eigenvalue weighted by molar-refractivity contribution is 7.99. The van der Waals surface area contributed by atoms with E-state index in [1.165, 1.54) is 5.01 Å².